The van der Waals surface area contributed by atoms with Crippen molar-refractivity contribution in [1.82, 2.24) is 15.2 Å². The summed E-state index contributed by atoms with van der Waals surface area (Å²) in [5.74, 6) is 1.05. The van der Waals surface area contributed by atoms with Gasteiger partial charge in [0.1, 0.15) is 5.82 Å². The Labute approximate surface area is 117 Å². The van der Waals surface area contributed by atoms with E-state index in [2.05, 4.69) is 67.2 Å². The van der Waals surface area contributed by atoms with E-state index in [0.29, 0.717) is 6.04 Å². The molecule has 1 rings (SSSR count). The van der Waals surface area contributed by atoms with Gasteiger partial charge in [-0.3, -0.25) is 0 Å². The second-order valence-corrected chi connectivity index (χ2v) is 5.35. The van der Waals surface area contributed by atoms with Crippen LogP contribution in [0.1, 0.15) is 31.9 Å². The van der Waals surface area contributed by atoms with Gasteiger partial charge in [-0.05, 0) is 51.7 Å². The molecule has 1 heterocycles. The molecule has 0 radical (unpaired) electrons. The molecule has 0 saturated heterocycles. The minimum absolute atomic E-state index is 0.379. The van der Waals surface area contributed by atoms with Crippen LogP contribution in [0.3, 0.4) is 0 Å². The molecular formula is C15H28N4. The number of hydrogen-bond acceptors (Lipinski definition) is 4. The number of likely N-dealkylation sites (N-methyl/N-ethyl adjacent to an activating group) is 2. The van der Waals surface area contributed by atoms with Crippen molar-refractivity contribution in [3.8, 4) is 0 Å². The van der Waals surface area contributed by atoms with Gasteiger partial charge in [-0.1, -0.05) is 6.92 Å². The van der Waals surface area contributed by atoms with Crippen molar-refractivity contribution in [2.45, 2.75) is 26.3 Å². The van der Waals surface area contributed by atoms with E-state index in [1.165, 1.54) is 5.56 Å². The molecule has 4 heteroatoms. The van der Waals surface area contributed by atoms with Crippen LogP contribution in [0.25, 0.3) is 0 Å². The van der Waals surface area contributed by atoms with Crippen LogP contribution in [0.15, 0.2) is 18.3 Å². The fourth-order valence-electron chi connectivity index (χ4n) is 1.86. The number of aromatic nitrogens is 1. The number of nitrogens with zero attached hydrogens (tertiary/aromatic N) is 3. The fourth-order valence-corrected chi connectivity index (χ4v) is 1.86. The van der Waals surface area contributed by atoms with Gasteiger partial charge in [0, 0.05) is 32.4 Å². The van der Waals surface area contributed by atoms with E-state index in [9.17, 15) is 0 Å². The van der Waals surface area contributed by atoms with E-state index in [4.69, 9.17) is 0 Å². The molecule has 0 fully saturated rings. The Morgan fingerprint density at radius 1 is 1.26 bits per heavy atom. The van der Waals surface area contributed by atoms with Gasteiger partial charge in [0.05, 0.1) is 0 Å². The van der Waals surface area contributed by atoms with Gasteiger partial charge in [0.2, 0.25) is 0 Å². The molecule has 1 aromatic rings. The lowest BCUT2D eigenvalue weighted by atomic mass is 10.1. The normalized spacial score (nSPS) is 12.7. The average molecular weight is 264 g/mol. The van der Waals surface area contributed by atoms with Crippen molar-refractivity contribution >= 4 is 5.82 Å². The van der Waals surface area contributed by atoms with E-state index >= 15 is 0 Å². The number of hydrogen-bond donors (Lipinski definition) is 1. The molecule has 108 valence electrons. The lowest BCUT2D eigenvalue weighted by Crippen LogP contribution is -2.29. The molecule has 1 N–H and O–H groups in total. The maximum Gasteiger partial charge on any atom is 0.128 e. The van der Waals surface area contributed by atoms with Crippen LogP contribution in [0, 0.1) is 0 Å². The van der Waals surface area contributed by atoms with Crippen LogP contribution in [-0.2, 0) is 0 Å². The third-order valence-corrected chi connectivity index (χ3v) is 3.24. The molecule has 4 nitrogen and oxygen atoms in total. The molecule has 1 aromatic heterocycles. The predicted octanol–water partition coefficient (Wildman–Crippen LogP) is 2.14. The first-order chi connectivity index (χ1) is 9.04. The summed E-state index contributed by atoms with van der Waals surface area (Å²) in [6.07, 6.45) is 3.06. The zero-order chi connectivity index (χ0) is 14.3. The van der Waals surface area contributed by atoms with Gasteiger partial charge in [-0.25, -0.2) is 4.98 Å². The fraction of sp³-hybridized carbons (Fsp3) is 0.667. The SMILES string of the molecule is CCCNC(C)c1ccnc(N(C)CCN(C)C)c1. The summed E-state index contributed by atoms with van der Waals surface area (Å²) < 4.78 is 0. The smallest absolute Gasteiger partial charge is 0.128 e. The van der Waals surface area contributed by atoms with Crippen molar-refractivity contribution < 1.29 is 0 Å². The van der Waals surface area contributed by atoms with Gasteiger partial charge >= 0.3 is 0 Å². The summed E-state index contributed by atoms with van der Waals surface area (Å²) in [4.78, 5) is 8.85. The molecule has 1 atom stereocenters. The third-order valence-electron chi connectivity index (χ3n) is 3.24. The molecule has 0 aromatic carbocycles. The number of rotatable bonds is 8. The summed E-state index contributed by atoms with van der Waals surface area (Å²) in [6.45, 7) is 7.46. The van der Waals surface area contributed by atoms with Crippen LogP contribution < -0.4 is 10.2 Å². The minimum Gasteiger partial charge on any atom is -0.358 e. The summed E-state index contributed by atoms with van der Waals surface area (Å²) in [6, 6.07) is 4.66. The molecule has 0 amide bonds. The van der Waals surface area contributed by atoms with Crippen molar-refractivity contribution in [2.75, 3.05) is 45.7 Å². The van der Waals surface area contributed by atoms with Gasteiger partial charge in [0.15, 0.2) is 0 Å². The Bertz CT molecular complexity index is 365. The monoisotopic (exact) mass is 264 g/mol. The average Bonchev–Trinajstić information content (AvgIpc) is 2.42. The van der Waals surface area contributed by atoms with E-state index in [-0.39, 0.29) is 0 Å². The zero-order valence-corrected chi connectivity index (χ0v) is 13.0. The Balaban J connectivity index is 2.65. The summed E-state index contributed by atoms with van der Waals surface area (Å²) in [5.41, 5.74) is 1.30. The second kappa shape index (κ2) is 8.12. The Hall–Kier alpha value is -1.13. The largest absolute Gasteiger partial charge is 0.358 e. The molecule has 0 bridgehead atoms. The first kappa shape index (κ1) is 15.9. The number of pyridine rings is 1. The number of nitrogens with one attached hydrogen (secondary N) is 1. The van der Waals surface area contributed by atoms with E-state index in [0.717, 1.165) is 31.9 Å². The molecule has 0 aliphatic carbocycles. The minimum atomic E-state index is 0.379. The van der Waals surface area contributed by atoms with E-state index in [1.807, 2.05) is 6.20 Å². The highest BCUT2D eigenvalue weighted by molar-refractivity contribution is 5.40. The quantitative estimate of drug-likeness (QED) is 0.779. The van der Waals surface area contributed by atoms with Crippen molar-refractivity contribution in [2.24, 2.45) is 0 Å². The molecule has 19 heavy (non-hydrogen) atoms. The molecule has 0 aliphatic heterocycles. The van der Waals surface area contributed by atoms with Crippen molar-refractivity contribution in [1.29, 1.82) is 0 Å². The summed E-state index contributed by atoms with van der Waals surface area (Å²) >= 11 is 0. The topological polar surface area (TPSA) is 31.4 Å². The van der Waals surface area contributed by atoms with E-state index < -0.39 is 0 Å². The Morgan fingerprint density at radius 2 is 2.00 bits per heavy atom. The van der Waals surface area contributed by atoms with Crippen molar-refractivity contribution in [3.63, 3.8) is 0 Å². The molecule has 0 aliphatic rings. The van der Waals surface area contributed by atoms with Gasteiger partial charge in [-0.2, -0.15) is 0 Å². The highest BCUT2D eigenvalue weighted by atomic mass is 15.2. The van der Waals surface area contributed by atoms with Crippen LogP contribution >= 0.6 is 0 Å². The van der Waals surface area contributed by atoms with Crippen LogP contribution in [0.4, 0.5) is 5.82 Å². The summed E-state index contributed by atoms with van der Waals surface area (Å²) in [5, 5.41) is 3.51. The molecule has 0 spiro atoms. The van der Waals surface area contributed by atoms with Crippen LogP contribution in [-0.4, -0.2) is 50.7 Å². The van der Waals surface area contributed by atoms with Crippen molar-refractivity contribution in [3.05, 3.63) is 23.9 Å². The molecule has 1 unspecified atom stereocenters. The number of anilines is 1. The lowest BCUT2D eigenvalue weighted by molar-refractivity contribution is 0.416. The second-order valence-electron chi connectivity index (χ2n) is 5.35. The van der Waals surface area contributed by atoms with Gasteiger partial charge in [-0.15, -0.1) is 0 Å². The maximum absolute atomic E-state index is 4.46. The standard InChI is InChI=1S/C15H28N4/c1-6-8-16-13(2)14-7-9-17-15(12-14)19(5)11-10-18(3)4/h7,9,12-13,16H,6,8,10-11H2,1-5H3. The van der Waals surface area contributed by atoms with Crippen LogP contribution in [0.2, 0.25) is 0 Å². The van der Waals surface area contributed by atoms with Gasteiger partial charge in [0.25, 0.3) is 0 Å². The molecule has 0 saturated carbocycles. The maximum atomic E-state index is 4.46. The first-order valence-corrected chi connectivity index (χ1v) is 7.09. The lowest BCUT2D eigenvalue weighted by Gasteiger charge is -2.22. The third kappa shape index (κ3) is 5.57. The predicted molar refractivity (Wildman–Crippen MR) is 82.8 cm³/mol. The highest BCUT2D eigenvalue weighted by Crippen LogP contribution is 2.17. The molecular weight excluding hydrogens is 236 g/mol. The zero-order valence-electron chi connectivity index (χ0n) is 13.0. The summed E-state index contributed by atoms with van der Waals surface area (Å²) in [7, 11) is 6.28. The highest BCUT2D eigenvalue weighted by Gasteiger charge is 2.08. The Morgan fingerprint density at radius 3 is 2.63 bits per heavy atom. The first-order valence-electron chi connectivity index (χ1n) is 7.09. The van der Waals surface area contributed by atoms with Crippen LogP contribution in [0.5, 0.6) is 0 Å². The Kier molecular flexibility index (Phi) is 6.81. The van der Waals surface area contributed by atoms with E-state index in [1.54, 1.807) is 0 Å². The van der Waals surface area contributed by atoms with Gasteiger partial charge < -0.3 is 15.1 Å².